The third kappa shape index (κ3) is 4.41. The highest BCUT2D eigenvalue weighted by atomic mass is 19.1. The van der Waals surface area contributed by atoms with Crippen molar-refractivity contribution in [3.63, 3.8) is 0 Å². The highest BCUT2D eigenvalue weighted by Crippen LogP contribution is 2.26. The molecule has 1 rings (SSSR count). The van der Waals surface area contributed by atoms with E-state index in [9.17, 15) is 24.1 Å². The molecule has 0 heterocycles. The molecule has 0 saturated carbocycles. The Hall–Kier alpha value is -2.71. The number of rotatable bonds is 7. The van der Waals surface area contributed by atoms with Crippen LogP contribution in [0.5, 0.6) is 0 Å². The summed E-state index contributed by atoms with van der Waals surface area (Å²) < 4.78 is 13.7. The van der Waals surface area contributed by atoms with Crippen LogP contribution in [0.3, 0.4) is 0 Å². The first-order chi connectivity index (χ1) is 9.86. The number of carbonyl (C=O) groups excluding carboxylic acids is 1. The normalized spacial score (nSPS) is 10.0. The summed E-state index contributed by atoms with van der Waals surface area (Å²) in [6.45, 7) is 2.06. The quantitative estimate of drug-likeness (QED) is 0.516. The maximum absolute atomic E-state index is 13.7. The van der Waals surface area contributed by atoms with E-state index in [-0.39, 0.29) is 12.2 Å². The number of hydrogen-bond donors (Lipinski definition) is 3. The van der Waals surface area contributed by atoms with Crippen molar-refractivity contribution in [2.45, 2.75) is 13.3 Å². The number of amides is 1. The Morgan fingerprint density at radius 3 is 2.62 bits per heavy atom. The second-order valence-corrected chi connectivity index (χ2v) is 4.11. The van der Waals surface area contributed by atoms with E-state index < -0.39 is 33.9 Å². The smallest absolute Gasteiger partial charge is 0.342 e. The summed E-state index contributed by atoms with van der Waals surface area (Å²) in [4.78, 5) is 32.0. The van der Waals surface area contributed by atoms with Crippen LogP contribution < -0.4 is 10.6 Å². The number of hydrogen-bond acceptors (Lipinski definition) is 5. The molecule has 0 saturated heterocycles. The molecule has 0 aliphatic heterocycles. The monoisotopic (exact) mass is 299 g/mol. The van der Waals surface area contributed by atoms with Crippen molar-refractivity contribution in [3.8, 4) is 0 Å². The van der Waals surface area contributed by atoms with Gasteiger partial charge in [0.15, 0.2) is 5.82 Å². The molecule has 0 atom stereocenters. The van der Waals surface area contributed by atoms with Crippen molar-refractivity contribution in [3.05, 3.63) is 33.6 Å². The molecule has 0 aliphatic rings. The summed E-state index contributed by atoms with van der Waals surface area (Å²) in [5.41, 5.74) is -1.79. The number of nitrogens with one attached hydrogen (secondary N) is 2. The minimum absolute atomic E-state index is 0.270. The number of carboxylic acids is 1. The lowest BCUT2D eigenvalue weighted by atomic mass is 10.1. The van der Waals surface area contributed by atoms with E-state index in [2.05, 4.69) is 10.6 Å². The van der Waals surface area contributed by atoms with Gasteiger partial charge >= 0.3 is 5.97 Å². The summed E-state index contributed by atoms with van der Waals surface area (Å²) in [5.74, 6) is -2.96. The van der Waals surface area contributed by atoms with Crippen molar-refractivity contribution in [1.29, 1.82) is 0 Å². The van der Waals surface area contributed by atoms with Crippen molar-refractivity contribution in [2.75, 3.05) is 18.4 Å². The van der Waals surface area contributed by atoms with Crippen molar-refractivity contribution >= 4 is 23.3 Å². The minimum atomic E-state index is -1.56. The molecule has 0 spiro atoms. The van der Waals surface area contributed by atoms with Gasteiger partial charge in [0.2, 0.25) is 5.91 Å². The molecule has 0 fully saturated rings. The largest absolute Gasteiger partial charge is 0.477 e. The third-order valence-electron chi connectivity index (χ3n) is 2.52. The summed E-state index contributed by atoms with van der Waals surface area (Å²) in [6.07, 6.45) is 0.737. The van der Waals surface area contributed by atoms with Gasteiger partial charge in [-0.3, -0.25) is 14.9 Å². The Kier molecular flexibility index (Phi) is 5.58. The zero-order chi connectivity index (χ0) is 16.0. The zero-order valence-electron chi connectivity index (χ0n) is 11.2. The van der Waals surface area contributed by atoms with E-state index in [1.165, 1.54) is 0 Å². The number of benzene rings is 1. The molecule has 0 radical (unpaired) electrons. The minimum Gasteiger partial charge on any atom is -0.477 e. The first-order valence-electron chi connectivity index (χ1n) is 6.08. The number of nitro groups is 1. The number of nitrogens with zero attached hydrogens (tertiary/aromatic N) is 1. The van der Waals surface area contributed by atoms with Gasteiger partial charge in [-0.25, -0.2) is 9.18 Å². The van der Waals surface area contributed by atoms with E-state index in [1.54, 1.807) is 0 Å². The number of anilines is 1. The van der Waals surface area contributed by atoms with Gasteiger partial charge in [-0.2, -0.15) is 0 Å². The zero-order valence-corrected chi connectivity index (χ0v) is 11.2. The fourth-order valence-corrected chi connectivity index (χ4v) is 1.52. The molecule has 1 aromatic rings. The van der Waals surface area contributed by atoms with E-state index in [0.29, 0.717) is 12.6 Å². The van der Waals surface area contributed by atoms with Gasteiger partial charge in [0.1, 0.15) is 5.56 Å². The maximum Gasteiger partial charge on any atom is 0.342 e. The van der Waals surface area contributed by atoms with Gasteiger partial charge in [-0.05, 0) is 12.5 Å². The molecule has 1 amide bonds. The molecule has 3 N–H and O–H groups in total. The number of nitro benzene ring substituents is 1. The van der Waals surface area contributed by atoms with Gasteiger partial charge in [-0.15, -0.1) is 0 Å². The van der Waals surface area contributed by atoms with Crippen LogP contribution in [0.1, 0.15) is 23.7 Å². The summed E-state index contributed by atoms with van der Waals surface area (Å²) in [7, 11) is 0. The molecule has 0 bridgehead atoms. The van der Waals surface area contributed by atoms with Crippen LogP contribution >= 0.6 is 0 Å². The van der Waals surface area contributed by atoms with Crippen LogP contribution in [0.4, 0.5) is 15.8 Å². The van der Waals surface area contributed by atoms with Gasteiger partial charge < -0.3 is 15.7 Å². The topological polar surface area (TPSA) is 122 Å². The van der Waals surface area contributed by atoms with Gasteiger partial charge in [-0.1, -0.05) is 6.92 Å². The lowest BCUT2D eigenvalue weighted by Gasteiger charge is -2.09. The summed E-state index contributed by atoms with van der Waals surface area (Å²) >= 11 is 0. The number of halogens is 1. The van der Waals surface area contributed by atoms with E-state index in [1.807, 2.05) is 6.92 Å². The second-order valence-electron chi connectivity index (χ2n) is 4.11. The Bertz CT molecular complexity index is 576. The Morgan fingerprint density at radius 2 is 2.10 bits per heavy atom. The van der Waals surface area contributed by atoms with Crippen molar-refractivity contribution in [1.82, 2.24) is 5.32 Å². The Morgan fingerprint density at radius 1 is 1.43 bits per heavy atom. The fourth-order valence-electron chi connectivity index (χ4n) is 1.52. The number of aromatic carboxylic acids is 1. The average Bonchev–Trinajstić information content (AvgIpc) is 2.42. The molecule has 0 aromatic heterocycles. The van der Waals surface area contributed by atoms with Crippen molar-refractivity contribution < 1.29 is 24.0 Å². The van der Waals surface area contributed by atoms with Gasteiger partial charge in [0.25, 0.3) is 5.69 Å². The predicted molar refractivity (Wildman–Crippen MR) is 71.8 cm³/mol. The molecule has 0 aliphatic carbocycles. The average molecular weight is 299 g/mol. The van der Waals surface area contributed by atoms with Crippen LogP contribution in [0.25, 0.3) is 0 Å². The molecule has 9 heteroatoms. The Labute approximate surface area is 119 Å². The second kappa shape index (κ2) is 7.17. The summed E-state index contributed by atoms with van der Waals surface area (Å²) in [6, 6.07) is 1.30. The maximum atomic E-state index is 13.7. The van der Waals surface area contributed by atoms with E-state index in [4.69, 9.17) is 5.11 Å². The molecular weight excluding hydrogens is 285 g/mol. The number of carboxylic acid groups (broad SMARTS) is 1. The molecular formula is C12H14FN3O5. The van der Waals surface area contributed by atoms with Crippen LogP contribution in [0.2, 0.25) is 0 Å². The lowest BCUT2D eigenvalue weighted by molar-refractivity contribution is -0.385. The fraction of sp³-hybridized carbons (Fsp3) is 0.333. The van der Waals surface area contributed by atoms with E-state index >= 15 is 0 Å². The first-order valence-corrected chi connectivity index (χ1v) is 6.08. The molecule has 8 nitrogen and oxygen atoms in total. The number of carbonyl (C=O) groups is 2. The van der Waals surface area contributed by atoms with Crippen LogP contribution in [-0.4, -0.2) is 35.0 Å². The predicted octanol–water partition coefficient (Wildman–Crippen LogP) is 1.37. The molecule has 1 aromatic carbocycles. The lowest BCUT2D eigenvalue weighted by Crippen LogP contribution is -2.30. The van der Waals surface area contributed by atoms with Crippen LogP contribution in [0, 0.1) is 15.9 Å². The van der Waals surface area contributed by atoms with Crippen LogP contribution in [0.15, 0.2) is 12.1 Å². The van der Waals surface area contributed by atoms with E-state index in [0.717, 1.165) is 12.5 Å². The first kappa shape index (κ1) is 16.3. The molecule has 21 heavy (non-hydrogen) atoms. The van der Waals surface area contributed by atoms with Gasteiger partial charge in [0.05, 0.1) is 23.2 Å². The third-order valence-corrected chi connectivity index (χ3v) is 2.52. The highest BCUT2D eigenvalue weighted by Gasteiger charge is 2.23. The molecule has 0 unspecified atom stereocenters. The SMILES string of the molecule is CCCNC(=O)CNc1cc(C(=O)O)c([N+](=O)[O-])cc1F. The summed E-state index contributed by atoms with van der Waals surface area (Å²) in [5, 5.41) is 24.5. The highest BCUT2D eigenvalue weighted by molar-refractivity contribution is 5.94. The van der Waals surface area contributed by atoms with Crippen LogP contribution in [-0.2, 0) is 4.79 Å². The standard InChI is InChI=1S/C12H14FN3O5/c1-2-3-14-11(17)6-15-9-4-7(12(18)19)10(16(20)21)5-8(9)13/h4-5,15H,2-3,6H2,1H3,(H,14,17)(H,18,19). The Balaban J connectivity index is 2.93. The van der Waals surface area contributed by atoms with Crippen molar-refractivity contribution in [2.24, 2.45) is 0 Å². The van der Waals surface area contributed by atoms with Gasteiger partial charge in [0, 0.05) is 6.54 Å². The molecule has 114 valence electrons.